The van der Waals surface area contributed by atoms with Gasteiger partial charge in [-0.2, -0.15) is 0 Å². The van der Waals surface area contributed by atoms with E-state index in [-0.39, 0.29) is 22.4 Å². The Labute approximate surface area is 153 Å². The highest BCUT2D eigenvalue weighted by Crippen LogP contribution is 2.27. The Balaban J connectivity index is 2.20. The van der Waals surface area contributed by atoms with Crippen molar-refractivity contribution in [3.05, 3.63) is 68.6 Å². The number of benzene rings is 1. The molecule has 0 fully saturated rings. The summed E-state index contributed by atoms with van der Waals surface area (Å²) in [6.45, 7) is 2.61. The third kappa shape index (κ3) is 2.45. The van der Waals surface area contributed by atoms with E-state index in [1.165, 1.54) is 21.8 Å². The van der Waals surface area contributed by atoms with Gasteiger partial charge in [0.15, 0.2) is 5.52 Å². The van der Waals surface area contributed by atoms with Crippen LogP contribution in [0.3, 0.4) is 0 Å². The van der Waals surface area contributed by atoms with E-state index in [9.17, 15) is 14.7 Å². The van der Waals surface area contributed by atoms with Crippen molar-refractivity contribution in [2.45, 2.75) is 26.3 Å². The molecule has 4 aromatic rings. The van der Waals surface area contributed by atoms with Crippen LogP contribution in [0.2, 0.25) is 0 Å². The molecular weight excluding hydrogens is 348 g/mol. The molecule has 3 heterocycles. The lowest BCUT2D eigenvalue weighted by atomic mass is 10.2. The zero-order valence-electron chi connectivity index (χ0n) is 14.3. The minimum Gasteiger partial charge on any atom is -0.506 e. The Morgan fingerprint density at radius 1 is 1.04 bits per heavy atom. The molecule has 6 heteroatoms. The zero-order chi connectivity index (χ0) is 18.3. The Morgan fingerprint density at radius 3 is 2.50 bits per heavy atom. The topological polar surface area (TPSA) is 63.7 Å². The average Bonchev–Trinajstić information content (AvgIpc) is 3.18. The van der Waals surface area contributed by atoms with Gasteiger partial charge in [0.05, 0.1) is 16.6 Å². The second-order valence-electron chi connectivity index (χ2n) is 6.21. The van der Waals surface area contributed by atoms with Crippen molar-refractivity contribution in [2.75, 3.05) is 0 Å². The summed E-state index contributed by atoms with van der Waals surface area (Å²) in [6.07, 6.45) is 1.79. The summed E-state index contributed by atoms with van der Waals surface area (Å²) in [6, 6.07) is 12.4. The van der Waals surface area contributed by atoms with E-state index in [0.29, 0.717) is 23.1 Å². The second kappa shape index (κ2) is 6.46. The number of fused-ring (bicyclic) bond motifs is 3. The number of aromatic nitrogens is 2. The lowest BCUT2D eigenvalue weighted by Gasteiger charge is -2.15. The molecule has 0 amide bonds. The predicted octanol–water partition coefficient (Wildman–Crippen LogP) is 3.85. The Hall–Kier alpha value is -2.86. The first-order valence-corrected chi connectivity index (χ1v) is 9.45. The molecule has 0 saturated heterocycles. The molecule has 4 rings (SSSR count). The number of pyridine rings is 1. The summed E-state index contributed by atoms with van der Waals surface area (Å²) in [5.74, 6) is -0.172. The molecule has 0 radical (unpaired) electrons. The van der Waals surface area contributed by atoms with Crippen molar-refractivity contribution in [1.82, 2.24) is 8.97 Å². The van der Waals surface area contributed by atoms with Gasteiger partial charge in [-0.25, -0.2) is 0 Å². The maximum atomic E-state index is 13.2. The molecular formula is C20H18N2O3S. The fraction of sp³-hybridized carbons (Fsp3) is 0.200. The lowest BCUT2D eigenvalue weighted by molar-refractivity contribution is 0.477. The summed E-state index contributed by atoms with van der Waals surface area (Å²) < 4.78 is 3.00. The molecule has 1 aromatic carbocycles. The fourth-order valence-electron chi connectivity index (χ4n) is 3.30. The van der Waals surface area contributed by atoms with Crippen LogP contribution in [-0.2, 0) is 6.54 Å². The molecule has 0 aliphatic rings. The zero-order valence-corrected chi connectivity index (χ0v) is 15.1. The van der Waals surface area contributed by atoms with Crippen molar-refractivity contribution in [2.24, 2.45) is 0 Å². The van der Waals surface area contributed by atoms with E-state index >= 15 is 0 Å². The highest BCUT2D eigenvalue weighted by atomic mass is 32.1. The van der Waals surface area contributed by atoms with Crippen LogP contribution in [0, 0.1) is 0 Å². The molecule has 0 aliphatic heterocycles. The van der Waals surface area contributed by atoms with E-state index in [0.717, 1.165) is 17.7 Å². The first kappa shape index (κ1) is 16.6. The van der Waals surface area contributed by atoms with Crippen molar-refractivity contribution >= 4 is 27.9 Å². The van der Waals surface area contributed by atoms with Crippen molar-refractivity contribution in [1.29, 1.82) is 0 Å². The molecule has 0 bridgehead atoms. The van der Waals surface area contributed by atoms with Gasteiger partial charge in [-0.15, -0.1) is 11.3 Å². The second-order valence-corrected chi connectivity index (χ2v) is 7.16. The monoisotopic (exact) mass is 366 g/mol. The first-order chi connectivity index (χ1) is 12.6. The van der Waals surface area contributed by atoms with E-state index < -0.39 is 0 Å². The summed E-state index contributed by atoms with van der Waals surface area (Å²) >= 11 is 1.42. The van der Waals surface area contributed by atoms with Crippen LogP contribution in [0.5, 0.6) is 5.75 Å². The van der Waals surface area contributed by atoms with Gasteiger partial charge < -0.3 is 9.67 Å². The van der Waals surface area contributed by atoms with E-state index in [1.54, 1.807) is 4.57 Å². The molecule has 0 saturated carbocycles. The lowest BCUT2D eigenvalue weighted by Crippen LogP contribution is -2.28. The van der Waals surface area contributed by atoms with Crippen molar-refractivity contribution < 1.29 is 5.11 Å². The Kier molecular flexibility index (Phi) is 4.12. The largest absolute Gasteiger partial charge is 0.506 e. The number of nitrogens with zero attached hydrogens (tertiary/aromatic N) is 2. The van der Waals surface area contributed by atoms with Gasteiger partial charge in [-0.05, 0) is 36.1 Å². The molecule has 0 atom stereocenters. The molecule has 1 N–H and O–H groups in total. The first-order valence-electron chi connectivity index (χ1n) is 8.57. The van der Waals surface area contributed by atoms with Crippen LogP contribution >= 0.6 is 11.3 Å². The van der Waals surface area contributed by atoms with Gasteiger partial charge >= 0.3 is 0 Å². The van der Waals surface area contributed by atoms with Crippen LogP contribution in [0.25, 0.3) is 27.0 Å². The van der Waals surface area contributed by atoms with Crippen molar-refractivity contribution in [3.8, 4) is 16.2 Å². The third-order valence-electron chi connectivity index (χ3n) is 4.56. The van der Waals surface area contributed by atoms with Gasteiger partial charge in [-0.3, -0.25) is 14.0 Å². The Morgan fingerprint density at radius 2 is 1.81 bits per heavy atom. The standard InChI is InChI=1S/C20H18N2O3S/c1-2-3-10-21-14-7-4-5-8-15(14)22-18(20(21)25)16(23)12-13(19(22)24)17-9-6-11-26-17/h4-9,11-12,23H,2-3,10H2,1H3. The number of aromatic hydroxyl groups is 1. The summed E-state index contributed by atoms with van der Waals surface area (Å²) in [4.78, 5) is 27.0. The van der Waals surface area contributed by atoms with Crippen molar-refractivity contribution in [3.63, 3.8) is 0 Å². The number of unbranched alkanes of at least 4 members (excludes halogenated alkanes) is 1. The SMILES string of the molecule is CCCCn1c(=O)c2c(O)cc(-c3cccs3)c(=O)n2c2ccccc21. The third-order valence-corrected chi connectivity index (χ3v) is 5.47. The smallest absolute Gasteiger partial charge is 0.279 e. The van der Waals surface area contributed by atoms with E-state index in [2.05, 4.69) is 6.92 Å². The van der Waals surface area contributed by atoms with Gasteiger partial charge in [-0.1, -0.05) is 31.5 Å². The number of hydrogen-bond donors (Lipinski definition) is 1. The number of para-hydroxylation sites is 2. The maximum Gasteiger partial charge on any atom is 0.279 e. The number of thiophene rings is 1. The molecule has 132 valence electrons. The number of hydrogen-bond acceptors (Lipinski definition) is 4. The normalized spacial score (nSPS) is 11.4. The highest BCUT2D eigenvalue weighted by Gasteiger charge is 2.18. The van der Waals surface area contributed by atoms with Gasteiger partial charge in [0, 0.05) is 11.4 Å². The molecule has 5 nitrogen and oxygen atoms in total. The van der Waals surface area contributed by atoms with Crippen LogP contribution in [0.1, 0.15) is 19.8 Å². The summed E-state index contributed by atoms with van der Waals surface area (Å²) in [7, 11) is 0. The maximum absolute atomic E-state index is 13.2. The van der Waals surface area contributed by atoms with Crippen LogP contribution in [0.15, 0.2) is 57.4 Å². The van der Waals surface area contributed by atoms with Gasteiger partial charge in [0.25, 0.3) is 11.1 Å². The Bertz CT molecular complexity index is 1220. The summed E-state index contributed by atoms with van der Waals surface area (Å²) in [5, 5.41) is 12.5. The summed E-state index contributed by atoms with van der Waals surface area (Å²) in [5.41, 5.74) is 1.11. The van der Waals surface area contributed by atoms with Crippen LogP contribution in [-0.4, -0.2) is 14.1 Å². The molecule has 0 unspecified atom stereocenters. The minimum absolute atomic E-state index is 0.0325. The molecule has 0 spiro atoms. The van der Waals surface area contributed by atoms with Gasteiger partial charge in [0.1, 0.15) is 5.75 Å². The van der Waals surface area contributed by atoms with E-state index in [4.69, 9.17) is 0 Å². The average molecular weight is 366 g/mol. The van der Waals surface area contributed by atoms with Crippen LogP contribution in [0.4, 0.5) is 0 Å². The molecule has 26 heavy (non-hydrogen) atoms. The molecule has 0 aliphatic carbocycles. The van der Waals surface area contributed by atoms with Crippen LogP contribution < -0.4 is 11.1 Å². The van der Waals surface area contributed by atoms with E-state index in [1.807, 2.05) is 41.8 Å². The minimum atomic E-state index is -0.343. The predicted molar refractivity (Wildman–Crippen MR) is 105 cm³/mol. The molecule has 3 aromatic heterocycles. The van der Waals surface area contributed by atoms with Gasteiger partial charge in [0.2, 0.25) is 0 Å². The number of aryl methyl sites for hydroxylation is 1. The highest BCUT2D eigenvalue weighted by molar-refractivity contribution is 7.13. The number of rotatable bonds is 4. The quantitative estimate of drug-likeness (QED) is 0.558. The fourth-order valence-corrected chi connectivity index (χ4v) is 4.04.